The number of amides is 2. The van der Waals surface area contributed by atoms with E-state index in [0.717, 1.165) is 5.56 Å². The first kappa shape index (κ1) is 38.6. The van der Waals surface area contributed by atoms with Gasteiger partial charge in [0.25, 0.3) is 0 Å². The Labute approximate surface area is 297 Å². The van der Waals surface area contributed by atoms with Crippen LogP contribution in [0.5, 0.6) is 0 Å². The van der Waals surface area contributed by atoms with E-state index < -0.39 is 60.3 Å². The minimum atomic E-state index is -4.63. The summed E-state index contributed by atoms with van der Waals surface area (Å²) in [5, 5.41) is 34.8. The number of benzene rings is 1. The minimum Gasteiger partial charge on any atom is -0.439 e. The summed E-state index contributed by atoms with van der Waals surface area (Å²) >= 11 is 6.01. The average Bonchev–Trinajstić information content (AvgIpc) is 3.74. The van der Waals surface area contributed by atoms with Gasteiger partial charge in [0.1, 0.15) is 12.6 Å². The molecule has 0 saturated carbocycles. The van der Waals surface area contributed by atoms with Crippen molar-refractivity contribution in [3.05, 3.63) is 53.2 Å². The second-order valence-corrected chi connectivity index (χ2v) is 13.9. The van der Waals surface area contributed by atoms with Crippen LogP contribution in [-0.2, 0) is 26.3 Å². The van der Waals surface area contributed by atoms with E-state index in [1.54, 1.807) is 42.3 Å². The summed E-state index contributed by atoms with van der Waals surface area (Å²) in [6, 6.07) is 5.37. The van der Waals surface area contributed by atoms with Crippen LogP contribution in [0.15, 0.2) is 39.3 Å². The van der Waals surface area contributed by atoms with E-state index in [4.69, 9.17) is 25.2 Å². The van der Waals surface area contributed by atoms with E-state index >= 15 is 0 Å². The molecule has 2 fully saturated rings. The largest absolute Gasteiger partial charge is 0.439 e. The molecule has 2 aliphatic rings. The van der Waals surface area contributed by atoms with E-state index in [1.807, 2.05) is 24.1 Å². The molecule has 280 valence electrons. The van der Waals surface area contributed by atoms with Gasteiger partial charge >= 0.3 is 6.18 Å². The van der Waals surface area contributed by atoms with Crippen molar-refractivity contribution in [2.45, 2.75) is 76.0 Å². The van der Waals surface area contributed by atoms with Gasteiger partial charge in [-0.05, 0) is 51.0 Å². The van der Waals surface area contributed by atoms with Gasteiger partial charge in [-0.25, -0.2) is 4.98 Å². The Kier molecular flexibility index (Phi) is 12.4. The summed E-state index contributed by atoms with van der Waals surface area (Å²) < 4.78 is 56.3. The van der Waals surface area contributed by atoms with Gasteiger partial charge in [0.05, 0.1) is 36.6 Å². The molecule has 0 bridgehead atoms. The van der Waals surface area contributed by atoms with Crippen molar-refractivity contribution < 1.29 is 46.5 Å². The number of nitrogens with one attached hydrogen (secondary N) is 2. The van der Waals surface area contributed by atoms with Crippen molar-refractivity contribution in [2.24, 2.45) is 5.92 Å². The van der Waals surface area contributed by atoms with Crippen molar-refractivity contribution in [1.29, 1.82) is 0 Å². The van der Waals surface area contributed by atoms with E-state index in [0.29, 0.717) is 42.1 Å². The number of β-amino-alcohol motifs (C(OH)–C–C–N with tert-alkyl or cyclic N) is 1. The van der Waals surface area contributed by atoms with E-state index in [1.165, 1.54) is 0 Å². The highest BCUT2D eigenvalue weighted by atomic mass is 35.5. The summed E-state index contributed by atoms with van der Waals surface area (Å²) in [6.45, 7) is 4.63. The summed E-state index contributed by atoms with van der Waals surface area (Å²) in [5.41, 5.74) is -0.125. The number of aryl methyl sites for hydroxylation is 1. The third kappa shape index (κ3) is 10.3. The summed E-state index contributed by atoms with van der Waals surface area (Å²) in [5.74, 6) is -0.870. The molecule has 5 rings (SSSR count). The number of nitrogens with zero attached hydrogens (tertiary/aromatic N) is 5. The Morgan fingerprint density at radius 1 is 1.14 bits per heavy atom. The van der Waals surface area contributed by atoms with Gasteiger partial charge in [0, 0.05) is 62.6 Å². The minimum absolute atomic E-state index is 0.00507. The fourth-order valence-electron chi connectivity index (χ4n) is 6.32. The van der Waals surface area contributed by atoms with Crippen molar-refractivity contribution in [1.82, 2.24) is 35.6 Å². The topological polar surface area (TPSA) is 179 Å². The van der Waals surface area contributed by atoms with Crippen LogP contribution in [0.1, 0.15) is 44.4 Å². The molecule has 4 heterocycles. The van der Waals surface area contributed by atoms with Crippen LogP contribution in [-0.4, -0.2) is 123 Å². The lowest BCUT2D eigenvalue weighted by Crippen LogP contribution is -2.63. The van der Waals surface area contributed by atoms with E-state index in [-0.39, 0.29) is 45.0 Å². The number of alkyl halides is 3. The summed E-state index contributed by atoms with van der Waals surface area (Å²) in [6.07, 6.45) is -4.85. The molecule has 2 aliphatic heterocycles. The van der Waals surface area contributed by atoms with Gasteiger partial charge in [-0.3, -0.25) is 19.4 Å². The Hall–Kier alpha value is -3.61. The maximum Gasteiger partial charge on any atom is 0.405 e. The van der Waals surface area contributed by atoms with E-state index in [9.17, 15) is 33.0 Å². The second-order valence-electron chi connectivity index (χ2n) is 13.4. The number of aliphatic hydroxyl groups excluding tert-OH is 2. The second kappa shape index (κ2) is 16.4. The van der Waals surface area contributed by atoms with Crippen molar-refractivity contribution in [3.63, 3.8) is 0 Å². The van der Waals surface area contributed by atoms with Crippen LogP contribution in [0.25, 0.3) is 11.3 Å². The van der Waals surface area contributed by atoms with Crippen molar-refractivity contribution in [3.8, 4) is 11.3 Å². The van der Waals surface area contributed by atoms with Crippen LogP contribution in [0.4, 0.5) is 13.2 Å². The maximum atomic E-state index is 13.5. The molecule has 2 saturated heterocycles. The van der Waals surface area contributed by atoms with Gasteiger partial charge in [-0.1, -0.05) is 11.6 Å². The first-order chi connectivity index (χ1) is 24.1. The smallest absolute Gasteiger partial charge is 0.405 e. The number of piperazine rings is 1. The fraction of sp³-hybridized carbons (Fsp3) is 0.606. The first-order valence-electron chi connectivity index (χ1n) is 16.7. The molecular weight excluding hydrogens is 699 g/mol. The van der Waals surface area contributed by atoms with Crippen LogP contribution in [0.2, 0.25) is 5.02 Å². The Bertz CT molecular complexity index is 1620. The number of aromatic nitrogens is 3. The number of aliphatic hydroxyl groups is 2. The predicted octanol–water partition coefficient (Wildman–Crippen LogP) is 2.46. The zero-order valence-corrected chi connectivity index (χ0v) is 29.3. The molecule has 14 nitrogen and oxygen atoms in total. The molecule has 18 heteroatoms. The molecule has 2 aromatic heterocycles. The predicted molar refractivity (Wildman–Crippen MR) is 176 cm³/mol. The Balaban J connectivity index is 1.30. The van der Waals surface area contributed by atoms with Crippen LogP contribution >= 0.6 is 11.6 Å². The third-order valence-electron chi connectivity index (χ3n) is 9.22. The first-order valence-corrected chi connectivity index (χ1v) is 17.1. The zero-order chi connectivity index (χ0) is 36.9. The summed E-state index contributed by atoms with van der Waals surface area (Å²) in [7, 11) is 0. The normalized spacial score (nSPS) is 22.0. The number of ether oxygens (including phenoxy) is 1. The fourth-order valence-corrected chi connectivity index (χ4v) is 6.45. The zero-order valence-electron chi connectivity index (χ0n) is 28.5. The Morgan fingerprint density at radius 3 is 2.55 bits per heavy atom. The monoisotopic (exact) mass is 741 g/mol. The van der Waals surface area contributed by atoms with Crippen molar-refractivity contribution >= 4 is 23.4 Å². The van der Waals surface area contributed by atoms with Gasteiger partial charge in [-0.15, -0.1) is 10.2 Å². The van der Waals surface area contributed by atoms with Crippen molar-refractivity contribution in [2.75, 3.05) is 45.9 Å². The maximum absolute atomic E-state index is 13.5. The molecule has 0 unspecified atom stereocenters. The summed E-state index contributed by atoms with van der Waals surface area (Å²) in [4.78, 5) is 34.8. The average molecular weight is 742 g/mol. The highest BCUT2D eigenvalue weighted by Crippen LogP contribution is 2.33. The van der Waals surface area contributed by atoms with Crippen LogP contribution in [0.3, 0.4) is 0 Å². The molecule has 2 amide bonds. The van der Waals surface area contributed by atoms with Gasteiger partial charge in [0.2, 0.25) is 29.5 Å². The molecule has 3 aromatic rings. The number of hydrogen-bond donors (Lipinski definition) is 4. The van der Waals surface area contributed by atoms with Gasteiger partial charge in [-0.2, -0.15) is 13.2 Å². The number of carbonyl (C=O) groups excluding carboxylic acids is 2. The molecule has 0 aliphatic carbocycles. The molecular formula is C33H43ClF3N7O7. The molecule has 4 N–H and O–H groups in total. The molecule has 0 spiro atoms. The number of rotatable bonds is 13. The van der Waals surface area contributed by atoms with Crippen LogP contribution < -0.4 is 10.6 Å². The number of halogens is 4. The molecule has 0 radical (unpaired) electrons. The van der Waals surface area contributed by atoms with Crippen LogP contribution in [0, 0.1) is 12.8 Å². The quantitative estimate of drug-likeness (QED) is 0.202. The third-order valence-corrected chi connectivity index (χ3v) is 9.47. The number of carbonyl (C=O) groups is 2. The number of hydrogen-bond acceptors (Lipinski definition) is 12. The van der Waals surface area contributed by atoms with Gasteiger partial charge < -0.3 is 34.4 Å². The Morgan fingerprint density at radius 2 is 1.88 bits per heavy atom. The number of oxazole rings is 1. The highest BCUT2D eigenvalue weighted by Gasteiger charge is 2.43. The lowest BCUT2D eigenvalue weighted by atomic mass is 9.94. The lowest BCUT2D eigenvalue weighted by Gasteiger charge is -2.46. The standard InChI is InChI=1S/C33H43ClF3N7O7/c1-19-41-42-28(50-19)13-21(29(47)40-24-8-11-49-17-26(24)46)12-23(45)15-43-9-10-44(16-25(43)30(48)39-18-33(35,36)37)32(2,3)31-38-14-27(51-31)20-4-6-22(34)7-5-20/h4-7,14,21,23-26,45-46H,8-13,15-18H2,1-3H3,(H,39,48)(H,40,47)/t21-,23-,24-,25-,26+/m0/s1. The SMILES string of the molecule is Cc1nnc(C[C@H](C[C@H](O)CN2CCN(C(C)(C)c3ncc(-c4ccc(Cl)cc4)o3)C[C@H]2C(=O)NCC(F)(F)F)C(=O)N[C@H]2CCOC[C@H]2O)o1. The molecule has 1 aromatic carbocycles. The van der Waals surface area contributed by atoms with E-state index in [2.05, 4.69) is 20.5 Å². The lowest BCUT2D eigenvalue weighted by molar-refractivity contribution is -0.145. The molecule has 51 heavy (non-hydrogen) atoms. The highest BCUT2D eigenvalue weighted by molar-refractivity contribution is 6.30. The van der Waals surface area contributed by atoms with Gasteiger partial charge in [0.15, 0.2) is 5.76 Å². The molecule has 5 atom stereocenters.